The third kappa shape index (κ3) is 3.03. The summed E-state index contributed by atoms with van der Waals surface area (Å²) >= 11 is 1.58. The van der Waals surface area contributed by atoms with Crippen molar-refractivity contribution in [3.8, 4) is 10.6 Å². The van der Waals surface area contributed by atoms with E-state index in [1.807, 2.05) is 35.2 Å². The second-order valence-electron chi connectivity index (χ2n) is 4.39. The summed E-state index contributed by atoms with van der Waals surface area (Å²) < 4.78 is 7.58. The highest BCUT2D eigenvalue weighted by Gasteiger charge is 2.10. The molecule has 0 aliphatic rings. The molecular weight excluding hydrogens is 288 g/mol. The minimum absolute atomic E-state index is 0.212. The third-order valence-corrected chi connectivity index (χ3v) is 4.08. The normalized spacial score (nSPS) is 10.7. The number of fused-ring (bicyclic) bond motifs is 1. The van der Waals surface area contributed by atoms with Gasteiger partial charge in [-0.2, -0.15) is 5.10 Å². The molecule has 0 saturated heterocycles. The van der Waals surface area contributed by atoms with Crippen molar-refractivity contribution in [1.82, 2.24) is 15.2 Å². The van der Waals surface area contributed by atoms with E-state index in [2.05, 4.69) is 19.9 Å². The summed E-state index contributed by atoms with van der Waals surface area (Å²) in [4.78, 5) is 15.6. The molecule has 3 aromatic heterocycles. The molecule has 3 heterocycles. The van der Waals surface area contributed by atoms with Crippen LogP contribution in [0.1, 0.15) is 6.42 Å². The first-order valence-electron chi connectivity index (χ1n) is 6.41. The number of ether oxygens (including phenoxy) is 1. The Kier molecular flexibility index (Phi) is 3.83. The van der Waals surface area contributed by atoms with E-state index in [4.69, 9.17) is 0 Å². The second kappa shape index (κ2) is 5.92. The molecule has 0 N–H and O–H groups in total. The van der Waals surface area contributed by atoms with E-state index in [1.165, 1.54) is 7.11 Å². The maximum Gasteiger partial charge on any atom is 0.311 e. The van der Waals surface area contributed by atoms with Crippen LogP contribution >= 0.6 is 11.3 Å². The molecule has 0 aliphatic carbocycles. The number of esters is 1. The molecule has 0 spiro atoms. The Morgan fingerprint density at radius 2 is 2.14 bits per heavy atom. The molecule has 3 aromatic rings. The number of aryl methyl sites for hydroxylation is 1. The van der Waals surface area contributed by atoms with Crippen LogP contribution in [-0.4, -0.2) is 28.3 Å². The first-order valence-corrected chi connectivity index (χ1v) is 7.22. The molecule has 0 fully saturated rings. The van der Waals surface area contributed by atoms with Gasteiger partial charge in [0, 0.05) is 17.7 Å². The number of carbonyl (C=O) groups excluding carboxylic acids is 1. The van der Waals surface area contributed by atoms with Gasteiger partial charge in [-0.15, -0.1) is 16.4 Å². The van der Waals surface area contributed by atoms with E-state index >= 15 is 0 Å². The van der Waals surface area contributed by atoms with Crippen LogP contribution < -0.4 is 4.57 Å². The van der Waals surface area contributed by atoms with Crippen LogP contribution in [0.5, 0.6) is 0 Å². The van der Waals surface area contributed by atoms with Gasteiger partial charge < -0.3 is 4.74 Å². The number of aromatic nitrogens is 4. The second-order valence-corrected chi connectivity index (χ2v) is 5.42. The van der Waals surface area contributed by atoms with Gasteiger partial charge in [-0.25, -0.2) is 9.55 Å². The largest absolute Gasteiger partial charge is 0.469 e. The van der Waals surface area contributed by atoms with Crippen molar-refractivity contribution < 1.29 is 14.1 Å². The lowest BCUT2D eigenvalue weighted by atomic mass is 10.3. The lowest BCUT2D eigenvalue weighted by molar-refractivity contribution is -0.695. The molecule has 0 saturated carbocycles. The number of pyridine rings is 1. The number of thiazole rings is 1. The Hall–Kier alpha value is -2.41. The summed E-state index contributed by atoms with van der Waals surface area (Å²) in [5.74, 6) is -0.212. The highest BCUT2D eigenvalue weighted by atomic mass is 32.1. The summed E-state index contributed by atoms with van der Waals surface area (Å²) in [7, 11) is 1.39. The van der Waals surface area contributed by atoms with Crippen LogP contribution in [0.4, 0.5) is 0 Å². The van der Waals surface area contributed by atoms with Crippen LogP contribution in [0.15, 0.2) is 36.8 Å². The van der Waals surface area contributed by atoms with E-state index in [9.17, 15) is 4.79 Å². The van der Waals surface area contributed by atoms with Gasteiger partial charge in [-0.3, -0.25) is 4.79 Å². The number of hydrogen-bond acceptors (Lipinski definition) is 6. The predicted molar refractivity (Wildman–Crippen MR) is 77.5 cm³/mol. The van der Waals surface area contributed by atoms with Crippen molar-refractivity contribution >= 4 is 27.7 Å². The number of rotatable bonds is 4. The average molecular weight is 301 g/mol. The Labute approximate surface area is 125 Å². The highest BCUT2D eigenvalue weighted by Crippen LogP contribution is 2.27. The predicted octanol–water partition coefficient (Wildman–Crippen LogP) is 1.60. The Balaban J connectivity index is 1.78. The highest BCUT2D eigenvalue weighted by molar-refractivity contribution is 7.21. The van der Waals surface area contributed by atoms with Gasteiger partial charge in [-0.1, -0.05) is 0 Å². The summed E-state index contributed by atoms with van der Waals surface area (Å²) in [5.41, 5.74) is 1.69. The zero-order chi connectivity index (χ0) is 14.7. The van der Waals surface area contributed by atoms with E-state index in [1.54, 1.807) is 17.5 Å². The molecular formula is C14H13N4O2S+. The fourth-order valence-electron chi connectivity index (χ4n) is 1.89. The summed E-state index contributed by atoms with van der Waals surface area (Å²) in [6.45, 7) is 0.596. The van der Waals surface area contributed by atoms with Gasteiger partial charge in [0.2, 0.25) is 0 Å². The number of carbonyl (C=O) groups is 1. The fraction of sp³-hybridized carbons (Fsp3) is 0.214. The number of hydrogen-bond donors (Lipinski definition) is 0. The fourth-order valence-corrected chi connectivity index (χ4v) is 2.79. The maximum atomic E-state index is 11.1. The lowest BCUT2D eigenvalue weighted by Gasteiger charge is -1.98. The molecule has 7 heteroatoms. The molecule has 3 rings (SSSR count). The van der Waals surface area contributed by atoms with E-state index in [0.29, 0.717) is 18.6 Å². The average Bonchev–Trinajstić information content (AvgIpc) is 2.97. The standard InChI is InChI=1S/C14H13N4O2S/c1-20-12(19)5-9-18-7-3-10(4-8-18)14-16-13-11(21-14)2-6-15-17-13/h2-4,6-8H,5,9H2,1H3/q+1. The number of methoxy groups -OCH3 is 1. The van der Waals surface area contributed by atoms with Crippen molar-refractivity contribution in [3.63, 3.8) is 0 Å². The van der Waals surface area contributed by atoms with Gasteiger partial charge in [0.1, 0.15) is 11.4 Å². The van der Waals surface area contributed by atoms with E-state index in [0.717, 1.165) is 15.3 Å². The number of nitrogens with zero attached hydrogens (tertiary/aromatic N) is 4. The van der Waals surface area contributed by atoms with Gasteiger partial charge in [0.25, 0.3) is 0 Å². The summed E-state index contributed by atoms with van der Waals surface area (Å²) in [6.07, 6.45) is 5.87. The molecule has 0 aliphatic heterocycles. The molecule has 0 atom stereocenters. The van der Waals surface area contributed by atoms with Crippen molar-refractivity contribution in [3.05, 3.63) is 36.8 Å². The van der Waals surface area contributed by atoms with Crippen molar-refractivity contribution in [2.75, 3.05) is 7.11 Å². The van der Waals surface area contributed by atoms with Crippen LogP contribution in [-0.2, 0) is 16.1 Å². The van der Waals surface area contributed by atoms with Gasteiger partial charge in [-0.05, 0) is 6.07 Å². The SMILES string of the molecule is COC(=O)CC[n+]1ccc(-c2nc3nnccc3s2)cc1. The zero-order valence-corrected chi connectivity index (χ0v) is 12.2. The lowest BCUT2D eigenvalue weighted by Crippen LogP contribution is -2.33. The van der Waals surface area contributed by atoms with Gasteiger partial charge in [0.15, 0.2) is 24.6 Å². The molecule has 21 heavy (non-hydrogen) atoms. The van der Waals surface area contributed by atoms with Gasteiger partial charge in [0.05, 0.1) is 18.0 Å². The molecule has 0 unspecified atom stereocenters. The van der Waals surface area contributed by atoms with Crippen molar-refractivity contribution in [1.29, 1.82) is 0 Å². The summed E-state index contributed by atoms with van der Waals surface area (Å²) in [5, 5.41) is 8.73. The minimum Gasteiger partial charge on any atom is -0.469 e. The van der Waals surface area contributed by atoms with Crippen molar-refractivity contribution in [2.24, 2.45) is 0 Å². The molecule has 0 bridgehead atoms. The third-order valence-electron chi connectivity index (χ3n) is 3.02. The van der Waals surface area contributed by atoms with Gasteiger partial charge >= 0.3 is 5.97 Å². The van der Waals surface area contributed by atoms with E-state index in [-0.39, 0.29) is 5.97 Å². The maximum absolute atomic E-state index is 11.1. The zero-order valence-electron chi connectivity index (χ0n) is 11.4. The molecule has 106 valence electrons. The minimum atomic E-state index is -0.212. The summed E-state index contributed by atoms with van der Waals surface area (Å²) in [6, 6.07) is 5.85. The van der Waals surface area contributed by atoms with Crippen LogP contribution in [0.25, 0.3) is 20.9 Å². The molecule has 0 aromatic carbocycles. The molecule has 6 nitrogen and oxygen atoms in total. The van der Waals surface area contributed by atoms with Crippen molar-refractivity contribution in [2.45, 2.75) is 13.0 Å². The quantitative estimate of drug-likeness (QED) is 0.541. The Bertz CT molecular complexity index is 737. The first kappa shape index (κ1) is 13.6. The van der Waals surface area contributed by atoms with Crippen LogP contribution in [0, 0.1) is 0 Å². The first-order chi connectivity index (χ1) is 10.3. The van der Waals surface area contributed by atoms with Crippen LogP contribution in [0.2, 0.25) is 0 Å². The molecule has 0 radical (unpaired) electrons. The Morgan fingerprint density at radius 3 is 2.86 bits per heavy atom. The monoisotopic (exact) mass is 301 g/mol. The smallest absolute Gasteiger partial charge is 0.311 e. The van der Waals surface area contributed by atoms with Crippen LogP contribution in [0.3, 0.4) is 0 Å². The topological polar surface area (TPSA) is 68.8 Å². The van der Waals surface area contributed by atoms with E-state index < -0.39 is 0 Å². The molecule has 0 amide bonds. The Morgan fingerprint density at radius 1 is 1.33 bits per heavy atom.